The molecule has 12 heteroatoms. The van der Waals surface area contributed by atoms with Crippen LogP contribution in [0.4, 0.5) is 11.4 Å². The lowest BCUT2D eigenvalue weighted by molar-refractivity contribution is 0.176. The molecule has 5 N–H and O–H groups in total. The molecule has 0 amide bonds. The van der Waals surface area contributed by atoms with Gasteiger partial charge in [0, 0.05) is 40.8 Å². The molecule has 0 aliphatic carbocycles. The summed E-state index contributed by atoms with van der Waals surface area (Å²) in [5.74, 6) is 2.12. The van der Waals surface area contributed by atoms with Gasteiger partial charge in [-0.2, -0.15) is 9.90 Å². The van der Waals surface area contributed by atoms with E-state index in [4.69, 9.17) is 18.9 Å². The predicted molar refractivity (Wildman–Crippen MR) is 266 cm³/mol. The number of aliphatic hydroxyl groups is 1. The van der Waals surface area contributed by atoms with E-state index in [-0.39, 0.29) is 34.5 Å². The lowest BCUT2D eigenvalue weighted by Gasteiger charge is -2.17. The highest BCUT2D eigenvalue weighted by atomic mass is 31.0. The molecule has 9 rings (SSSR count). The number of aliphatic hydroxyl groups excluding tert-OH is 1. The molecule has 65 heavy (non-hydrogen) atoms. The first-order valence-corrected chi connectivity index (χ1v) is 21.1. The zero-order valence-corrected chi connectivity index (χ0v) is 37.1. The quantitative estimate of drug-likeness (QED) is 0.0342. The van der Waals surface area contributed by atoms with Gasteiger partial charge in [0.2, 0.25) is 11.1 Å². The number of hydrogen-bond donors (Lipinski definition) is 5. The maximum absolute atomic E-state index is 12.1. The molecule has 2 aromatic heterocycles. The maximum Gasteiger partial charge on any atom is 0.248 e. The Morgan fingerprint density at radius 1 is 0.646 bits per heavy atom. The molecule has 3 heterocycles. The summed E-state index contributed by atoms with van der Waals surface area (Å²) in [5.41, 5.74) is 8.14. The fourth-order valence-electron chi connectivity index (χ4n) is 7.31. The molecule has 1 fully saturated rings. The fourth-order valence-corrected chi connectivity index (χ4v) is 7.31. The second-order valence-electron chi connectivity index (χ2n) is 15.1. The summed E-state index contributed by atoms with van der Waals surface area (Å²) in [7, 11) is 0. The molecular formula is C53H57N4O7P. The van der Waals surface area contributed by atoms with E-state index >= 15 is 0 Å². The number of pyridine rings is 2. The number of fused-ring (bicyclic) bond motifs is 2. The van der Waals surface area contributed by atoms with E-state index in [0.717, 1.165) is 75.2 Å². The Balaban J connectivity index is 0.000000246. The fraction of sp³-hybridized carbons (Fsp3) is 0.208. The number of hydrogen-bond acceptors (Lipinski definition) is 9. The van der Waals surface area contributed by atoms with Gasteiger partial charge in [0.05, 0.1) is 30.4 Å². The number of ether oxygens (including phenoxy) is 4. The number of nitrogens with one attached hydrogen (secondary N) is 4. The number of aromatic amines is 2. The molecule has 1 aliphatic rings. The van der Waals surface area contributed by atoms with Gasteiger partial charge in [0.25, 0.3) is 0 Å². The predicted octanol–water partition coefficient (Wildman–Crippen LogP) is 9.99. The van der Waals surface area contributed by atoms with Crippen LogP contribution in [0, 0.1) is 0 Å². The molecule has 0 saturated carbocycles. The lowest BCUT2D eigenvalue weighted by atomic mass is 10.0. The molecule has 0 radical (unpaired) electrons. The van der Waals surface area contributed by atoms with Crippen molar-refractivity contribution in [1.82, 2.24) is 15.3 Å². The van der Waals surface area contributed by atoms with Crippen LogP contribution in [0.15, 0.2) is 167 Å². The van der Waals surface area contributed by atoms with E-state index in [9.17, 15) is 14.7 Å². The molecule has 3 atom stereocenters. The van der Waals surface area contributed by atoms with Crippen molar-refractivity contribution in [3.8, 4) is 17.2 Å². The summed E-state index contributed by atoms with van der Waals surface area (Å²) in [6.45, 7) is 5.31. The first kappa shape index (κ1) is 47.7. The molecule has 1 unspecified atom stereocenters. The van der Waals surface area contributed by atoms with E-state index in [2.05, 4.69) is 44.9 Å². The number of aromatic nitrogens is 2. The van der Waals surface area contributed by atoms with Crippen LogP contribution in [-0.4, -0.2) is 41.4 Å². The summed E-state index contributed by atoms with van der Waals surface area (Å²) in [5, 5.41) is 19.5. The van der Waals surface area contributed by atoms with E-state index in [0.29, 0.717) is 43.4 Å². The van der Waals surface area contributed by atoms with Crippen molar-refractivity contribution in [2.24, 2.45) is 0 Å². The second kappa shape index (κ2) is 23.3. The Hall–Kier alpha value is -6.75. The summed E-state index contributed by atoms with van der Waals surface area (Å²) < 4.78 is 22.8. The molecule has 0 spiro atoms. The van der Waals surface area contributed by atoms with Gasteiger partial charge in [-0.3, -0.25) is 9.59 Å². The van der Waals surface area contributed by atoms with Crippen LogP contribution in [0.5, 0.6) is 17.2 Å². The monoisotopic (exact) mass is 892 g/mol. The van der Waals surface area contributed by atoms with Gasteiger partial charge in [-0.15, -0.1) is 0 Å². The van der Waals surface area contributed by atoms with Crippen molar-refractivity contribution in [2.45, 2.75) is 46.2 Å². The molecule has 336 valence electrons. The Kier molecular flexibility index (Phi) is 17.1. The van der Waals surface area contributed by atoms with Gasteiger partial charge in [0.15, 0.2) is 0 Å². The zero-order valence-electron chi connectivity index (χ0n) is 35.7. The smallest absolute Gasteiger partial charge is 0.248 e. The molecule has 1 aliphatic heterocycles. The largest absolute Gasteiger partial charge is 0.494 e. The third-order valence-corrected chi connectivity index (χ3v) is 10.6. The standard InChI is InChI=1S/C34H35N3O4.C18H15NO3.CH4.H3P/c1-2-40-28-14-12-27(13-15-28)36-26-10-8-24(9-11-26)20-21-35-22-31(38)29-16-18-32(34-30(29)17-19-33(39)37-34)41-23-25-6-4-3-5-7-25;20-17-9-7-14-13(16-11-22-16)6-8-15(18(14)19-17)21-10-12-4-2-1-3-5-12;;/h3-19,31,35-36,38H,2,20-23H2,1H3,(H,37,39);1-9,16H,10-11H2,(H,19,20);1H4;1H3/t31-;16-;;/m00../s1. The zero-order chi connectivity index (χ0) is 43.4. The first-order chi connectivity index (χ1) is 30.9. The summed E-state index contributed by atoms with van der Waals surface area (Å²) in [4.78, 5) is 29.5. The van der Waals surface area contributed by atoms with Crippen LogP contribution in [-0.2, 0) is 24.4 Å². The van der Waals surface area contributed by atoms with E-state index in [1.54, 1.807) is 6.07 Å². The minimum absolute atomic E-state index is 0. The molecule has 11 nitrogen and oxygen atoms in total. The summed E-state index contributed by atoms with van der Waals surface area (Å²) in [6, 6.07) is 50.2. The number of rotatable bonds is 17. The number of H-pyrrole nitrogens is 2. The van der Waals surface area contributed by atoms with Crippen molar-refractivity contribution in [3.63, 3.8) is 0 Å². The number of benzene rings is 6. The van der Waals surface area contributed by atoms with E-state index in [1.165, 1.54) is 17.7 Å². The summed E-state index contributed by atoms with van der Waals surface area (Å²) >= 11 is 0. The molecule has 0 bridgehead atoms. The number of anilines is 2. The molecule has 6 aromatic carbocycles. The van der Waals surface area contributed by atoms with E-state index < -0.39 is 6.10 Å². The Morgan fingerprint density at radius 2 is 1.18 bits per heavy atom. The van der Waals surface area contributed by atoms with Crippen molar-refractivity contribution in [1.29, 1.82) is 0 Å². The highest BCUT2D eigenvalue weighted by Crippen LogP contribution is 2.37. The SMILES string of the molecule is C.CCOc1ccc(Nc2ccc(CCNC[C@H](O)c3ccc(OCc4ccccc4)c4[nH]c(=O)ccc34)cc2)cc1.O=c1ccc2c([C@@H]3CO3)ccc(OCc3ccccc3)c2[nH]1.P. The highest BCUT2D eigenvalue weighted by molar-refractivity contribution is 6.92. The number of epoxide rings is 1. The molecular weight excluding hydrogens is 836 g/mol. The first-order valence-electron chi connectivity index (χ1n) is 21.1. The van der Waals surface area contributed by atoms with Gasteiger partial charge in [-0.1, -0.05) is 92.4 Å². The Labute approximate surface area is 382 Å². The maximum atomic E-state index is 12.1. The lowest BCUT2D eigenvalue weighted by Crippen LogP contribution is -2.24. The Morgan fingerprint density at radius 3 is 1.75 bits per heavy atom. The minimum atomic E-state index is -0.743. The van der Waals surface area contributed by atoms with Crippen LogP contribution in [0.1, 0.15) is 54.4 Å². The van der Waals surface area contributed by atoms with Crippen LogP contribution in [0.2, 0.25) is 0 Å². The van der Waals surface area contributed by atoms with Crippen molar-refractivity contribution >= 4 is 43.1 Å². The highest BCUT2D eigenvalue weighted by Gasteiger charge is 2.27. The summed E-state index contributed by atoms with van der Waals surface area (Å²) in [6.07, 6.45) is 0.222. The molecule has 1 saturated heterocycles. The van der Waals surface area contributed by atoms with Gasteiger partial charge in [-0.05, 0) is 108 Å². The average molecular weight is 893 g/mol. The third kappa shape index (κ3) is 12.9. The van der Waals surface area contributed by atoms with Crippen LogP contribution >= 0.6 is 9.90 Å². The van der Waals surface area contributed by atoms with Gasteiger partial charge in [-0.25, -0.2) is 0 Å². The molecule has 8 aromatic rings. The van der Waals surface area contributed by atoms with Crippen molar-refractivity contribution in [2.75, 3.05) is 31.6 Å². The van der Waals surface area contributed by atoms with Crippen LogP contribution < -0.4 is 36.0 Å². The minimum Gasteiger partial charge on any atom is -0.494 e. The third-order valence-electron chi connectivity index (χ3n) is 10.6. The van der Waals surface area contributed by atoms with Gasteiger partial charge < -0.3 is 44.7 Å². The second-order valence-corrected chi connectivity index (χ2v) is 15.1. The normalized spacial score (nSPS) is 13.0. The van der Waals surface area contributed by atoms with Crippen LogP contribution in [0.25, 0.3) is 21.8 Å². The van der Waals surface area contributed by atoms with Gasteiger partial charge in [0.1, 0.15) is 36.6 Å². The Bertz CT molecular complexity index is 2850. The topological polar surface area (TPSA) is 150 Å². The van der Waals surface area contributed by atoms with Gasteiger partial charge >= 0.3 is 0 Å². The van der Waals surface area contributed by atoms with Crippen molar-refractivity contribution in [3.05, 3.63) is 206 Å². The van der Waals surface area contributed by atoms with E-state index in [1.807, 2.05) is 122 Å². The average Bonchev–Trinajstić information content (AvgIpc) is 4.17. The van der Waals surface area contributed by atoms with Crippen LogP contribution in [0.3, 0.4) is 0 Å². The van der Waals surface area contributed by atoms with Crippen molar-refractivity contribution < 1.29 is 24.1 Å².